The summed E-state index contributed by atoms with van der Waals surface area (Å²) in [4.78, 5) is 2.32. The Balaban J connectivity index is 2.44. The summed E-state index contributed by atoms with van der Waals surface area (Å²) in [5.74, 6) is 0.991. The van der Waals surface area contributed by atoms with Crippen molar-refractivity contribution in [2.45, 2.75) is 20.3 Å². The number of likely N-dealkylation sites (N-methyl/N-ethyl adjacent to an activating group) is 1. The van der Waals surface area contributed by atoms with Crippen molar-refractivity contribution >= 4 is 0 Å². The molecule has 0 radical (unpaired) electrons. The highest BCUT2D eigenvalue weighted by Gasteiger charge is 2.07. The van der Waals surface area contributed by atoms with Crippen LogP contribution in [0.2, 0.25) is 0 Å². The molecular formula is C15H22N2O. The third kappa shape index (κ3) is 4.77. The summed E-state index contributed by atoms with van der Waals surface area (Å²) in [7, 11) is 1.68. The Labute approximate surface area is 110 Å². The molecule has 0 saturated heterocycles. The van der Waals surface area contributed by atoms with Gasteiger partial charge in [0.2, 0.25) is 0 Å². The van der Waals surface area contributed by atoms with Crippen molar-refractivity contribution in [3.05, 3.63) is 29.8 Å². The molecule has 98 valence electrons. The average Bonchev–Trinajstić information content (AvgIpc) is 2.43. The van der Waals surface area contributed by atoms with Crippen LogP contribution >= 0.6 is 0 Å². The summed E-state index contributed by atoms with van der Waals surface area (Å²) in [5, 5.41) is 8.83. The Morgan fingerprint density at radius 1 is 1.33 bits per heavy atom. The molecule has 0 aliphatic carbocycles. The van der Waals surface area contributed by atoms with Crippen molar-refractivity contribution in [3.8, 4) is 11.8 Å². The van der Waals surface area contributed by atoms with Crippen molar-refractivity contribution in [2.75, 3.05) is 26.7 Å². The summed E-state index contributed by atoms with van der Waals surface area (Å²) >= 11 is 0. The molecule has 1 aromatic rings. The topological polar surface area (TPSA) is 36.3 Å². The number of rotatable bonds is 7. The third-order valence-electron chi connectivity index (χ3n) is 3.08. The highest BCUT2D eigenvalue weighted by Crippen LogP contribution is 2.12. The van der Waals surface area contributed by atoms with E-state index in [1.165, 1.54) is 5.56 Å². The highest BCUT2D eigenvalue weighted by atomic mass is 16.5. The van der Waals surface area contributed by atoms with E-state index in [9.17, 15) is 0 Å². The zero-order chi connectivity index (χ0) is 13.4. The van der Waals surface area contributed by atoms with Gasteiger partial charge in [-0.2, -0.15) is 5.26 Å². The summed E-state index contributed by atoms with van der Waals surface area (Å²) in [6.45, 7) is 6.94. The lowest BCUT2D eigenvalue weighted by molar-refractivity contribution is 0.272. The van der Waals surface area contributed by atoms with Gasteiger partial charge in [0.15, 0.2) is 0 Å². The molecule has 1 atom stereocenters. The van der Waals surface area contributed by atoms with E-state index in [-0.39, 0.29) is 5.92 Å². The second-order valence-electron chi connectivity index (χ2n) is 4.52. The molecule has 0 aromatic heterocycles. The fourth-order valence-corrected chi connectivity index (χ4v) is 1.89. The molecule has 0 aliphatic rings. The molecule has 1 rings (SSSR count). The van der Waals surface area contributed by atoms with E-state index in [1.807, 2.05) is 19.1 Å². The number of methoxy groups -OCH3 is 1. The minimum atomic E-state index is 0.0980. The molecule has 0 amide bonds. The lowest BCUT2D eigenvalue weighted by atomic mass is 10.1. The summed E-state index contributed by atoms with van der Waals surface area (Å²) < 4.78 is 5.14. The van der Waals surface area contributed by atoms with Gasteiger partial charge in [0.05, 0.1) is 19.1 Å². The van der Waals surface area contributed by atoms with E-state index in [1.54, 1.807) is 7.11 Å². The minimum absolute atomic E-state index is 0.0980. The quantitative estimate of drug-likeness (QED) is 0.742. The first-order valence-corrected chi connectivity index (χ1v) is 6.44. The lowest BCUT2D eigenvalue weighted by Crippen LogP contribution is -2.30. The zero-order valence-corrected chi connectivity index (χ0v) is 11.5. The minimum Gasteiger partial charge on any atom is -0.497 e. The predicted molar refractivity (Wildman–Crippen MR) is 73.6 cm³/mol. The van der Waals surface area contributed by atoms with Crippen LogP contribution in [0.15, 0.2) is 24.3 Å². The van der Waals surface area contributed by atoms with Crippen LogP contribution < -0.4 is 4.74 Å². The van der Waals surface area contributed by atoms with Crippen LogP contribution in [0.25, 0.3) is 0 Å². The lowest BCUT2D eigenvalue weighted by Gasteiger charge is -2.21. The summed E-state index contributed by atoms with van der Waals surface area (Å²) in [6.07, 6.45) is 1.01. The third-order valence-corrected chi connectivity index (χ3v) is 3.08. The van der Waals surface area contributed by atoms with Crippen LogP contribution in [0.3, 0.4) is 0 Å². The molecule has 0 bridgehead atoms. The Hall–Kier alpha value is -1.53. The molecule has 0 heterocycles. The fraction of sp³-hybridized carbons (Fsp3) is 0.533. The average molecular weight is 246 g/mol. The largest absolute Gasteiger partial charge is 0.497 e. The number of ether oxygens (including phenoxy) is 1. The van der Waals surface area contributed by atoms with Gasteiger partial charge in [0, 0.05) is 13.1 Å². The van der Waals surface area contributed by atoms with Crippen LogP contribution in [0.5, 0.6) is 5.75 Å². The van der Waals surface area contributed by atoms with Gasteiger partial charge in [0.25, 0.3) is 0 Å². The number of nitriles is 1. The van der Waals surface area contributed by atoms with E-state index >= 15 is 0 Å². The first-order valence-electron chi connectivity index (χ1n) is 6.44. The molecule has 0 spiro atoms. The Kier molecular flexibility index (Phi) is 6.24. The van der Waals surface area contributed by atoms with Gasteiger partial charge >= 0.3 is 0 Å². The summed E-state index contributed by atoms with van der Waals surface area (Å²) in [5.41, 5.74) is 1.30. The maximum Gasteiger partial charge on any atom is 0.118 e. The van der Waals surface area contributed by atoms with Gasteiger partial charge in [-0.05, 0) is 37.6 Å². The number of hydrogen-bond donors (Lipinski definition) is 0. The molecule has 1 unspecified atom stereocenters. The molecule has 0 saturated carbocycles. The van der Waals surface area contributed by atoms with E-state index in [2.05, 4.69) is 30.0 Å². The van der Waals surface area contributed by atoms with Crippen LogP contribution in [0.4, 0.5) is 0 Å². The van der Waals surface area contributed by atoms with Gasteiger partial charge in [0.1, 0.15) is 5.75 Å². The first-order chi connectivity index (χ1) is 8.69. The number of hydrogen-bond acceptors (Lipinski definition) is 3. The fourth-order valence-electron chi connectivity index (χ4n) is 1.89. The predicted octanol–water partition coefficient (Wildman–Crippen LogP) is 2.72. The Morgan fingerprint density at radius 2 is 2.00 bits per heavy atom. The molecule has 0 fully saturated rings. The highest BCUT2D eigenvalue weighted by molar-refractivity contribution is 5.27. The van der Waals surface area contributed by atoms with E-state index in [0.717, 1.165) is 31.8 Å². The summed E-state index contributed by atoms with van der Waals surface area (Å²) in [6, 6.07) is 10.5. The zero-order valence-electron chi connectivity index (χ0n) is 11.5. The molecule has 18 heavy (non-hydrogen) atoms. The van der Waals surface area contributed by atoms with Crippen molar-refractivity contribution in [1.29, 1.82) is 5.26 Å². The SMILES string of the molecule is CCN(CCc1ccc(OC)cc1)CC(C)C#N. The van der Waals surface area contributed by atoms with Gasteiger partial charge in [-0.1, -0.05) is 19.1 Å². The van der Waals surface area contributed by atoms with Crippen molar-refractivity contribution < 1.29 is 4.74 Å². The number of nitrogens with zero attached hydrogens (tertiary/aromatic N) is 2. The van der Waals surface area contributed by atoms with E-state index in [0.29, 0.717) is 0 Å². The molecule has 3 nitrogen and oxygen atoms in total. The van der Waals surface area contributed by atoms with Crippen LogP contribution in [-0.4, -0.2) is 31.6 Å². The van der Waals surface area contributed by atoms with Crippen LogP contribution in [0.1, 0.15) is 19.4 Å². The van der Waals surface area contributed by atoms with Crippen LogP contribution in [0, 0.1) is 17.2 Å². The normalized spacial score (nSPS) is 12.2. The van der Waals surface area contributed by atoms with Gasteiger partial charge < -0.3 is 9.64 Å². The van der Waals surface area contributed by atoms with Crippen LogP contribution in [-0.2, 0) is 6.42 Å². The molecule has 0 N–H and O–H groups in total. The second-order valence-corrected chi connectivity index (χ2v) is 4.52. The maximum absolute atomic E-state index is 8.83. The van der Waals surface area contributed by atoms with Crippen molar-refractivity contribution in [2.24, 2.45) is 5.92 Å². The monoisotopic (exact) mass is 246 g/mol. The van der Waals surface area contributed by atoms with Gasteiger partial charge in [-0.15, -0.1) is 0 Å². The van der Waals surface area contributed by atoms with Gasteiger partial charge in [-0.3, -0.25) is 0 Å². The Bertz CT molecular complexity index is 380. The van der Waals surface area contributed by atoms with Crippen molar-refractivity contribution in [3.63, 3.8) is 0 Å². The van der Waals surface area contributed by atoms with E-state index < -0.39 is 0 Å². The van der Waals surface area contributed by atoms with Gasteiger partial charge in [-0.25, -0.2) is 0 Å². The Morgan fingerprint density at radius 3 is 2.50 bits per heavy atom. The molecular weight excluding hydrogens is 224 g/mol. The van der Waals surface area contributed by atoms with Crippen molar-refractivity contribution in [1.82, 2.24) is 4.90 Å². The smallest absolute Gasteiger partial charge is 0.118 e. The van der Waals surface area contributed by atoms with E-state index in [4.69, 9.17) is 10.00 Å². The molecule has 0 aliphatic heterocycles. The first kappa shape index (κ1) is 14.5. The standard InChI is InChI=1S/C15H22N2O/c1-4-17(12-13(2)11-16)10-9-14-5-7-15(18-3)8-6-14/h5-8,13H,4,9-10,12H2,1-3H3. The number of benzene rings is 1. The molecule has 3 heteroatoms. The maximum atomic E-state index is 8.83. The second kappa shape index (κ2) is 7.73. The molecule has 1 aromatic carbocycles.